The Hall–Kier alpha value is -3.05. The summed E-state index contributed by atoms with van der Waals surface area (Å²) in [6.45, 7) is 5.73. The number of anilines is 1. The van der Waals surface area contributed by atoms with Gasteiger partial charge in [0.2, 0.25) is 10.0 Å². The van der Waals surface area contributed by atoms with Gasteiger partial charge in [0.1, 0.15) is 12.1 Å². The highest BCUT2D eigenvalue weighted by molar-refractivity contribution is 7.88. The van der Waals surface area contributed by atoms with Crippen molar-refractivity contribution in [3.05, 3.63) is 53.5 Å². The van der Waals surface area contributed by atoms with Gasteiger partial charge in [-0.05, 0) is 25.8 Å². The lowest BCUT2D eigenvalue weighted by Gasteiger charge is -2.36. The third kappa shape index (κ3) is 5.14. The van der Waals surface area contributed by atoms with E-state index in [1.165, 1.54) is 6.33 Å². The maximum absolute atomic E-state index is 12.9. The Morgan fingerprint density at radius 1 is 1.12 bits per heavy atom. The SMILES string of the molecule is CCOC(=O)CCc1c(C)nc2ncnn2c1N1CCN(S(=O)(=O)Cc2ccccc2)CC1. The van der Waals surface area contributed by atoms with Crippen LogP contribution in [0.5, 0.6) is 0 Å². The maximum Gasteiger partial charge on any atom is 0.306 e. The number of hydrogen-bond acceptors (Lipinski definition) is 8. The maximum atomic E-state index is 12.9. The van der Waals surface area contributed by atoms with Crippen LogP contribution < -0.4 is 4.90 Å². The van der Waals surface area contributed by atoms with Crippen molar-refractivity contribution in [3.8, 4) is 0 Å². The van der Waals surface area contributed by atoms with Crippen molar-refractivity contribution in [2.24, 2.45) is 0 Å². The molecule has 2 aromatic heterocycles. The number of esters is 1. The number of piperazine rings is 1. The summed E-state index contributed by atoms with van der Waals surface area (Å²) >= 11 is 0. The fourth-order valence-electron chi connectivity index (χ4n) is 4.10. The first kappa shape index (κ1) is 23.1. The quantitative estimate of drug-likeness (QED) is 0.455. The molecule has 0 N–H and O–H groups in total. The number of carbonyl (C=O) groups is 1. The van der Waals surface area contributed by atoms with Gasteiger partial charge in [-0.3, -0.25) is 4.79 Å². The van der Waals surface area contributed by atoms with Gasteiger partial charge in [0.15, 0.2) is 0 Å². The number of rotatable bonds is 8. The minimum Gasteiger partial charge on any atom is -0.466 e. The summed E-state index contributed by atoms with van der Waals surface area (Å²) in [6, 6.07) is 9.21. The second-order valence-corrected chi connectivity index (χ2v) is 9.87. The summed E-state index contributed by atoms with van der Waals surface area (Å²) in [5, 5.41) is 4.34. The Kier molecular flexibility index (Phi) is 6.89. The number of ether oxygens (including phenoxy) is 1. The second kappa shape index (κ2) is 9.84. The molecule has 1 aliphatic heterocycles. The van der Waals surface area contributed by atoms with Crippen molar-refractivity contribution in [1.82, 2.24) is 23.9 Å². The lowest BCUT2D eigenvalue weighted by Crippen LogP contribution is -2.49. The third-order valence-electron chi connectivity index (χ3n) is 5.71. The molecule has 0 unspecified atom stereocenters. The number of sulfonamides is 1. The number of fused-ring (bicyclic) bond motifs is 1. The van der Waals surface area contributed by atoms with Crippen LogP contribution in [0.15, 0.2) is 36.7 Å². The zero-order valence-electron chi connectivity index (χ0n) is 18.8. The first-order valence-corrected chi connectivity index (χ1v) is 12.6. The number of aryl methyl sites for hydroxylation is 1. The summed E-state index contributed by atoms with van der Waals surface area (Å²) in [6.07, 6.45) is 2.13. The molecule has 1 fully saturated rings. The number of hydrogen-bond donors (Lipinski definition) is 0. The Morgan fingerprint density at radius 2 is 1.85 bits per heavy atom. The van der Waals surface area contributed by atoms with Gasteiger partial charge in [0.25, 0.3) is 5.78 Å². The first-order chi connectivity index (χ1) is 15.9. The Bertz CT molecular complexity index is 1220. The van der Waals surface area contributed by atoms with Crippen molar-refractivity contribution >= 4 is 27.6 Å². The van der Waals surface area contributed by atoms with Crippen LogP contribution in [-0.2, 0) is 31.7 Å². The van der Waals surface area contributed by atoms with Gasteiger partial charge in [-0.1, -0.05) is 30.3 Å². The van der Waals surface area contributed by atoms with Gasteiger partial charge in [-0.25, -0.2) is 13.4 Å². The summed E-state index contributed by atoms with van der Waals surface area (Å²) in [5.74, 6) is 1.000. The summed E-state index contributed by atoms with van der Waals surface area (Å²) in [7, 11) is -3.42. The van der Waals surface area contributed by atoms with E-state index in [9.17, 15) is 13.2 Å². The molecule has 0 aliphatic carbocycles. The fourth-order valence-corrected chi connectivity index (χ4v) is 5.62. The van der Waals surface area contributed by atoms with Crippen molar-refractivity contribution in [2.45, 2.75) is 32.4 Å². The molecule has 11 heteroatoms. The molecule has 1 aliphatic rings. The predicted molar refractivity (Wildman–Crippen MR) is 123 cm³/mol. The van der Waals surface area contributed by atoms with E-state index in [0.29, 0.717) is 45.0 Å². The largest absolute Gasteiger partial charge is 0.466 e. The van der Waals surface area contributed by atoms with E-state index >= 15 is 0 Å². The highest BCUT2D eigenvalue weighted by Crippen LogP contribution is 2.27. The molecule has 0 saturated carbocycles. The number of carbonyl (C=O) groups excluding carboxylic acids is 1. The van der Waals surface area contributed by atoms with E-state index in [1.54, 1.807) is 15.7 Å². The van der Waals surface area contributed by atoms with Crippen LogP contribution in [0.25, 0.3) is 5.78 Å². The molecule has 0 atom stereocenters. The van der Waals surface area contributed by atoms with Gasteiger partial charge < -0.3 is 9.64 Å². The number of nitrogens with zero attached hydrogens (tertiary/aromatic N) is 6. The summed E-state index contributed by atoms with van der Waals surface area (Å²) in [4.78, 5) is 22.8. The van der Waals surface area contributed by atoms with Gasteiger partial charge in [0.05, 0.1) is 12.4 Å². The molecule has 1 saturated heterocycles. The van der Waals surface area contributed by atoms with E-state index < -0.39 is 10.0 Å². The highest BCUT2D eigenvalue weighted by Gasteiger charge is 2.30. The van der Waals surface area contributed by atoms with Crippen LogP contribution in [0.1, 0.15) is 30.2 Å². The van der Waals surface area contributed by atoms with E-state index in [2.05, 4.69) is 20.0 Å². The molecule has 0 radical (unpaired) electrons. The van der Waals surface area contributed by atoms with Crippen molar-refractivity contribution in [2.75, 3.05) is 37.7 Å². The van der Waals surface area contributed by atoms with Crippen LogP contribution in [0.2, 0.25) is 0 Å². The fraction of sp³-hybridized carbons (Fsp3) is 0.455. The van der Waals surface area contributed by atoms with Gasteiger partial charge in [0, 0.05) is 43.9 Å². The molecule has 176 valence electrons. The molecule has 0 bridgehead atoms. The minimum atomic E-state index is -3.42. The standard InChI is InChI=1S/C22H28N6O4S/c1-3-32-20(29)10-9-19-17(2)25-22-23-16-24-28(22)21(19)26-11-13-27(14-12-26)33(30,31)15-18-7-5-4-6-8-18/h4-8,16H,3,9-15H2,1-2H3. The zero-order chi connectivity index (χ0) is 23.4. The van der Waals surface area contributed by atoms with Crippen LogP contribution in [-0.4, -0.2) is 71.1 Å². The van der Waals surface area contributed by atoms with Gasteiger partial charge in [-0.15, -0.1) is 0 Å². The lowest BCUT2D eigenvalue weighted by molar-refractivity contribution is -0.143. The average molecular weight is 473 g/mol. The summed E-state index contributed by atoms with van der Waals surface area (Å²) < 4.78 is 34.2. The summed E-state index contributed by atoms with van der Waals surface area (Å²) in [5.41, 5.74) is 2.44. The normalized spacial score (nSPS) is 15.2. The monoisotopic (exact) mass is 472 g/mol. The van der Waals surface area contributed by atoms with Crippen LogP contribution >= 0.6 is 0 Å². The first-order valence-electron chi connectivity index (χ1n) is 11.0. The van der Waals surface area contributed by atoms with E-state index in [4.69, 9.17) is 4.74 Å². The number of aromatic nitrogens is 4. The van der Waals surface area contributed by atoms with Crippen LogP contribution in [0.3, 0.4) is 0 Å². The van der Waals surface area contributed by atoms with Gasteiger partial charge in [-0.2, -0.15) is 18.9 Å². The molecule has 0 amide bonds. The lowest BCUT2D eigenvalue weighted by atomic mass is 10.1. The van der Waals surface area contributed by atoms with E-state index in [1.807, 2.05) is 37.3 Å². The van der Waals surface area contributed by atoms with Crippen LogP contribution in [0, 0.1) is 6.92 Å². The zero-order valence-corrected chi connectivity index (χ0v) is 19.7. The molecule has 3 aromatic rings. The van der Waals surface area contributed by atoms with Crippen LogP contribution in [0.4, 0.5) is 5.82 Å². The van der Waals surface area contributed by atoms with Crippen molar-refractivity contribution in [1.29, 1.82) is 0 Å². The molecule has 3 heterocycles. The smallest absolute Gasteiger partial charge is 0.306 e. The number of benzene rings is 1. The van der Waals surface area contributed by atoms with E-state index in [-0.39, 0.29) is 18.1 Å². The molecule has 1 aromatic carbocycles. The molecular weight excluding hydrogens is 444 g/mol. The second-order valence-electron chi connectivity index (χ2n) is 7.90. The highest BCUT2D eigenvalue weighted by atomic mass is 32.2. The molecule has 33 heavy (non-hydrogen) atoms. The Labute approximate surface area is 193 Å². The predicted octanol–water partition coefficient (Wildman–Crippen LogP) is 1.58. The molecule has 4 rings (SSSR count). The van der Waals surface area contributed by atoms with Crippen molar-refractivity contribution < 1.29 is 17.9 Å². The Morgan fingerprint density at radius 3 is 2.55 bits per heavy atom. The van der Waals surface area contributed by atoms with Gasteiger partial charge >= 0.3 is 5.97 Å². The topological polar surface area (TPSA) is 110 Å². The van der Waals surface area contributed by atoms with E-state index in [0.717, 1.165) is 22.6 Å². The molecule has 0 spiro atoms. The third-order valence-corrected chi connectivity index (χ3v) is 7.56. The molecular formula is C22H28N6O4S. The molecule has 10 nitrogen and oxygen atoms in total. The Balaban J connectivity index is 1.54. The minimum absolute atomic E-state index is 0.0136. The average Bonchev–Trinajstić information content (AvgIpc) is 3.26. The van der Waals surface area contributed by atoms with Crippen molar-refractivity contribution in [3.63, 3.8) is 0 Å².